The summed E-state index contributed by atoms with van der Waals surface area (Å²) in [4.78, 5) is 23.2. The van der Waals surface area contributed by atoms with Gasteiger partial charge in [0.15, 0.2) is 11.6 Å². The molecule has 2 aromatic rings. The number of carboxylic acid groups (broad SMARTS) is 1. The first-order valence-electron chi connectivity index (χ1n) is 6.65. The zero-order chi connectivity index (χ0) is 18.0. The fourth-order valence-corrected chi connectivity index (χ4v) is 2.59. The first-order chi connectivity index (χ1) is 11.1. The van der Waals surface area contributed by atoms with Crippen molar-refractivity contribution in [3.63, 3.8) is 0 Å². The molecule has 1 fully saturated rings. The Hall–Kier alpha value is -2.65. The SMILES string of the molecule is O=C(O)c1cn(C2CC2)c2c(C(F)(F)F)c(F)c(F)c(O)c2c1=O. The first-order valence-corrected chi connectivity index (χ1v) is 6.65. The van der Waals surface area contributed by atoms with Crippen LogP contribution in [0.25, 0.3) is 10.9 Å². The van der Waals surface area contributed by atoms with Crippen molar-refractivity contribution in [1.82, 2.24) is 4.57 Å². The molecule has 0 amide bonds. The fraction of sp³-hybridized carbons (Fsp3) is 0.286. The summed E-state index contributed by atoms with van der Waals surface area (Å²) in [5, 5.41) is 17.5. The lowest BCUT2D eigenvalue weighted by Gasteiger charge is -2.18. The summed E-state index contributed by atoms with van der Waals surface area (Å²) in [6.45, 7) is 0. The van der Waals surface area contributed by atoms with Crippen molar-refractivity contribution in [3.05, 3.63) is 39.2 Å². The van der Waals surface area contributed by atoms with E-state index in [0.717, 1.165) is 4.57 Å². The average Bonchev–Trinajstić information content (AvgIpc) is 3.27. The summed E-state index contributed by atoms with van der Waals surface area (Å²) in [7, 11) is 0. The van der Waals surface area contributed by atoms with E-state index in [1.165, 1.54) is 0 Å². The number of benzene rings is 1. The number of halogens is 5. The highest BCUT2D eigenvalue weighted by atomic mass is 19.4. The van der Waals surface area contributed by atoms with Crippen molar-refractivity contribution >= 4 is 16.9 Å². The number of alkyl halides is 3. The molecule has 1 heterocycles. The molecule has 1 saturated carbocycles. The molecule has 1 aromatic heterocycles. The van der Waals surface area contributed by atoms with E-state index in [-0.39, 0.29) is 0 Å². The number of pyridine rings is 1. The molecule has 0 aliphatic heterocycles. The van der Waals surface area contributed by atoms with Crippen LogP contribution in [-0.4, -0.2) is 20.7 Å². The van der Waals surface area contributed by atoms with Gasteiger partial charge < -0.3 is 14.8 Å². The molecule has 1 aliphatic rings. The summed E-state index contributed by atoms with van der Waals surface area (Å²) in [6, 6.07) is -0.600. The average molecular weight is 349 g/mol. The second-order valence-electron chi connectivity index (χ2n) is 5.39. The standard InChI is InChI=1S/C14H8F5NO4/c15-8-7(14(17,18)19)10-6(12(22)9(8)16)11(21)5(13(23)24)3-20(10)4-1-2-4/h3-4,22H,1-2H2,(H,23,24). The summed E-state index contributed by atoms with van der Waals surface area (Å²) in [5.74, 6) is -7.99. The Bertz CT molecular complexity index is 943. The van der Waals surface area contributed by atoms with Gasteiger partial charge in [0.2, 0.25) is 11.2 Å². The Balaban J connectivity index is 2.65. The van der Waals surface area contributed by atoms with Gasteiger partial charge in [0.1, 0.15) is 11.1 Å². The van der Waals surface area contributed by atoms with E-state index >= 15 is 0 Å². The van der Waals surface area contributed by atoms with E-state index in [1.54, 1.807) is 0 Å². The maximum absolute atomic E-state index is 13.9. The van der Waals surface area contributed by atoms with Crippen LogP contribution >= 0.6 is 0 Å². The number of hydrogen-bond donors (Lipinski definition) is 2. The number of rotatable bonds is 2. The van der Waals surface area contributed by atoms with E-state index in [2.05, 4.69) is 0 Å². The Morgan fingerprint density at radius 3 is 2.25 bits per heavy atom. The maximum Gasteiger partial charge on any atom is 0.421 e. The topological polar surface area (TPSA) is 79.5 Å². The van der Waals surface area contributed by atoms with Crippen LogP contribution in [0.15, 0.2) is 11.0 Å². The molecule has 24 heavy (non-hydrogen) atoms. The highest BCUT2D eigenvalue weighted by Crippen LogP contribution is 2.45. The van der Waals surface area contributed by atoms with Gasteiger partial charge in [-0.25, -0.2) is 9.18 Å². The molecule has 2 N–H and O–H groups in total. The molecule has 0 unspecified atom stereocenters. The van der Waals surface area contributed by atoms with Crippen LogP contribution in [-0.2, 0) is 6.18 Å². The Morgan fingerprint density at radius 2 is 1.79 bits per heavy atom. The van der Waals surface area contributed by atoms with Gasteiger partial charge in [-0.15, -0.1) is 0 Å². The predicted octanol–water partition coefficient (Wildman–Crippen LogP) is 3.04. The molecule has 128 valence electrons. The van der Waals surface area contributed by atoms with Crippen molar-refractivity contribution in [2.24, 2.45) is 0 Å². The molecule has 10 heteroatoms. The normalized spacial score (nSPS) is 15.0. The van der Waals surface area contributed by atoms with E-state index in [4.69, 9.17) is 5.11 Å². The summed E-state index contributed by atoms with van der Waals surface area (Å²) >= 11 is 0. The van der Waals surface area contributed by atoms with Crippen molar-refractivity contribution in [3.8, 4) is 5.75 Å². The second kappa shape index (κ2) is 4.92. The Labute approximate surface area is 129 Å². The molecular formula is C14H8F5NO4. The molecule has 0 spiro atoms. The third kappa shape index (κ3) is 2.21. The second-order valence-corrected chi connectivity index (χ2v) is 5.39. The minimum Gasteiger partial charge on any atom is -0.504 e. The zero-order valence-corrected chi connectivity index (χ0v) is 11.6. The van der Waals surface area contributed by atoms with Gasteiger partial charge in [0, 0.05) is 12.2 Å². The minimum absolute atomic E-state index is 0.369. The van der Waals surface area contributed by atoms with Crippen LogP contribution < -0.4 is 5.43 Å². The molecule has 0 bridgehead atoms. The maximum atomic E-state index is 13.9. The van der Waals surface area contributed by atoms with Crippen LogP contribution in [0.4, 0.5) is 22.0 Å². The number of phenols is 1. The minimum atomic E-state index is -5.36. The van der Waals surface area contributed by atoms with Crippen molar-refractivity contribution < 1.29 is 37.0 Å². The molecule has 0 radical (unpaired) electrons. The smallest absolute Gasteiger partial charge is 0.421 e. The summed E-state index contributed by atoms with van der Waals surface area (Å²) in [5.41, 5.74) is -5.56. The number of aromatic carboxylic acids is 1. The number of aromatic hydroxyl groups is 1. The highest BCUT2D eigenvalue weighted by molar-refractivity contribution is 5.96. The fourth-order valence-electron chi connectivity index (χ4n) is 2.59. The zero-order valence-electron chi connectivity index (χ0n) is 11.6. The van der Waals surface area contributed by atoms with Crippen LogP contribution in [0.3, 0.4) is 0 Å². The molecule has 0 atom stereocenters. The number of nitrogens with zero attached hydrogens (tertiary/aromatic N) is 1. The molecule has 1 aromatic carbocycles. The predicted molar refractivity (Wildman–Crippen MR) is 70.0 cm³/mol. The third-order valence-electron chi connectivity index (χ3n) is 3.78. The van der Waals surface area contributed by atoms with Crippen LogP contribution in [0.5, 0.6) is 5.75 Å². The summed E-state index contributed by atoms with van der Waals surface area (Å²) in [6.07, 6.45) is -3.95. The van der Waals surface area contributed by atoms with Gasteiger partial charge in [-0.3, -0.25) is 4.79 Å². The van der Waals surface area contributed by atoms with Gasteiger partial charge in [0.05, 0.1) is 10.9 Å². The monoisotopic (exact) mass is 349 g/mol. The third-order valence-corrected chi connectivity index (χ3v) is 3.78. The molecule has 0 saturated heterocycles. The molecule has 1 aliphatic carbocycles. The van der Waals surface area contributed by atoms with Crippen LogP contribution in [0.1, 0.15) is 34.8 Å². The van der Waals surface area contributed by atoms with E-state index in [0.29, 0.717) is 19.0 Å². The van der Waals surface area contributed by atoms with E-state index in [1.807, 2.05) is 0 Å². The first kappa shape index (κ1) is 16.2. The van der Waals surface area contributed by atoms with Gasteiger partial charge in [0.25, 0.3) is 0 Å². The lowest BCUT2D eigenvalue weighted by molar-refractivity contribution is -0.139. The Kier molecular flexibility index (Phi) is 3.32. The van der Waals surface area contributed by atoms with Gasteiger partial charge in [-0.05, 0) is 12.8 Å². The van der Waals surface area contributed by atoms with Crippen molar-refractivity contribution in [2.75, 3.05) is 0 Å². The van der Waals surface area contributed by atoms with Crippen LogP contribution in [0.2, 0.25) is 0 Å². The molecular weight excluding hydrogens is 341 g/mol. The number of hydrogen-bond acceptors (Lipinski definition) is 3. The molecule has 3 rings (SSSR count). The summed E-state index contributed by atoms with van der Waals surface area (Å²) < 4.78 is 68.0. The number of carbonyl (C=O) groups is 1. The van der Waals surface area contributed by atoms with Crippen LogP contribution in [0, 0.1) is 11.6 Å². The largest absolute Gasteiger partial charge is 0.504 e. The lowest BCUT2D eigenvalue weighted by atomic mass is 10.0. The number of aromatic nitrogens is 1. The van der Waals surface area contributed by atoms with E-state index in [9.17, 15) is 36.6 Å². The number of phenolic OH excluding ortho intramolecular Hbond substituents is 1. The highest BCUT2D eigenvalue weighted by Gasteiger charge is 2.42. The molecule has 5 nitrogen and oxygen atoms in total. The number of fused-ring (bicyclic) bond motifs is 1. The quantitative estimate of drug-likeness (QED) is 0.817. The van der Waals surface area contributed by atoms with Gasteiger partial charge in [-0.1, -0.05) is 0 Å². The van der Waals surface area contributed by atoms with E-state index < -0.39 is 63.0 Å². The Morgan fingerprint density at radius 1 is 1.21 bits per heavy atom. The number of carboxylic acids is 1. The van der Waals surface area contributed by atoms with Crippen molar-refractivity contribution in [1.29, 1.82) is 0 Å². The lowest BCUT2D eigenvalue weighted by Crippen LogP contribution is -2.23. The van der Waals surface area contributed by atoms with Gasteiger partial charge in [-0.2, -0.15) is 17.6 Å². The van der Waals surface area contributed by atoms with Gasteiger partial charge >= 0.3 is 12.1 Å². The van der Waals surface area contributed by atoms with Crippen molar-refractivity contribution in [2.45, 2.75) is 25.1 Å².